The van der Waals surface area contributed by atoms with Gasteiger partial charge in [0.15, 0.2) is 11.1 Å². The monoisotopic (exact) mass is 430 g/mol. The Morgan fingerprint density at radius 1 is 1.03 bits per heavy atom. The molecule has 0 amide bonds. The SMILES string of the molecule is CC1(C)OC(N)=N[C@](C)(c2cc(Cc3ccccc3C(F)(F)F)ccc2F)C1(F)F. The van der Waals surface area contributed by atoms with Crippen LogP contribution in [0.4, 0.5) is 26.3 Å². The number of rotatable bonds is 3. The van der Waals surface area contributed by atoms with Gasteiger partial charge >= 0.3 is 12.1 Å². The van der Waals surface area contributed by atoms with Crippen LogP contribution in [-0.4, -0.2) is 17.5 Å². The molecule has 0 radical (unpaired) electrons. The van der Waals surface area contributed by atoms with Crippen LogP contribution in [0.3, 0.4) is 0 Å². The predicted octanol–water partition coefficient (Wildman–Crippen LogP) is 5.41. The Kier molecular flexibility index (Phi) is 5.07. The van der Waals surface area contributed by atoms with Crippen molar-refractivity contribution in [2.24, 2.45) is 10.7 Å². The molecule has 0 bridgehead atoms. The third-order valence-electron chi connectivity index (χ3n) is 5.33. The Hall–Kier alpha value is -2.71. The highest BCUT2D eigenvalue weighted by atomic mass is 19.4. The molecule has 0 fully saturated rings. The second-order valence-corrected chi connectivity index (χ2v) is 7.85. The van der Waals surface area contributed by atoms with Gasteiger partial charge in [-0.2, -0.15) is 22.0 Å². The third kappa shape index (κ3) is 3.50. The molecule has 1 aliphatic heterocycles. The molecule has 0 spiro atoms. The second kappa shape index (κ2) is 6.92. The van der Waals surface area contributed by atoms with E-state index in [1.54, 1.807) is 0 Å². The highest BCUT2D eigenvalue weighted by molar-refractivity contribution is 5.74. The summed E-state index contributed by atoms with van der Waals surface area (Å²) >= 11 is 0. The fraction of sp³-hybridized carbons (Fsp3) is 0.381. The van der Waals surface area contributed by atoms with Crippen molar-refractivity contribution in [2.75, 3.05) is 0 Å². The van der Waals surface area contributed by atoms with E-state index in [-0.39, 0.29) is 17.5 Å². The van der Waals surface area contributed by atoms with Crippen molar-refractivity contribution in [1.29, 1.82) is 0 Å². The van der Waals surface area contributed by atoms with Crippen LogP contribution in [0.5, 0.6) is 0 Å². The summed E-state index contributed by atoms with van der Waals surface area (Å²) in [4.78, 5) is 3.70. The summed E-state index contributed by atoms with van der Waals surface area (Å²) in [5.41, 5.74) is -0.0911. The van der Waals surface area contributed by atoms with Gasteiger partial charge in [0.25, 0.3) is 6.02 Å². The summed E-state index contributed by atoms with van der Waals surface area (Å²) in [7, 11) is 0. The number of alkyl halides is 5. The average molecular weight is 430 g/mol. The number of nitrogens with zero attached hydrogens (tertiary/aromatic N) is 1. The third-order valence-corrected chi connectivity index (χ3v) is 5.33. The van der Waals surface area contributed by atoms with E-state index in [1.807, 2.05) is 0 Å². The molecule has 2 aromatic rings. The first kappa shape index (κ1) is 22.0. The van der Waals surface area contributed by atoms with Crippen LogP contribution in [0.2, 0.25) is 0 Å². The van der Waals surface area contributed by atoms with Crippen molar-refractivity contribution in [1.82, 2.24) is 0 Å². The summed E-state index contributed by atoms with van der Waals surface area (Å²) in [5.74, 6) is -4.65. The minimum absolute atomic E-state index is 0.0604. The van der Waals surface area contributed by atoms with Crippen molar-refractivity contribution in [3.05, 3.63) is 70.5 Å². The molecule has 9 heteroatoms. The molecule has 3 nitrogen and oxygen atoms in total. The van der Waals surface area contributed by atoms with Gasteiger partial charge in [0.05, 0.1) is 5.56 Å². The summed E-state index contributed by atoms with van der Waals surface area (Å²) in [6.07, 6.45) is -4.81. The quantitative estimate of drug-likeness (QED) is 0.662. The summed E-state index contributed by atoms with van der Waals surface area (Å²) in [6.45, 7) is 3.23. The predicted molar refractivity (Wildman–Crippen MR) is 99.7 cm³/mol. The zero-order valence-corrected chi connectivity index (χ0v) is 16.4. The van der Waals surface area contributed by atoms with Gasteiger partial charge in [0.1, 0.15) is 5.82 Å². The second-order valence-electron chi connectivity index (χ2n) is 7.85. The number of halogens is 6. The molecule has 1 heterocycles. The van der Waals surface area contributed by atoms with E-state index in [1.165, 1.54) is 24.3 Å². The van der Waals surface area contributed by atoms with Crippen LogP contribution in [0.15, 0.2) is 47.5 Å². The summed E-state index contributed by atoms with van der Waals surface area (Å²) in [5, 5.41) is 0. The maximum Gasteiger partial charge on any atom is 0.416 e. The van der Waals surface area contributed by atoms with E-state index in [2.05, 4.69) is 4.99 Å². The highest BCUT2D eigenvalue weighted by Gasteiger charge is 2.66. The lowest BCUT2D eigenvalue weighted by Gasteiger charge is -2.46. The molecule has 3 rings (SSSR count). The maximum absolute atomic E-state index is 15.2. The minimum atomic E-state index is -4.58. The topological polar surface area (TPSA) is 47.6 Å². The Morgan fingerprint density at radius 3 is 2.30 bits per heavy atom. The highest BCUT2D eigenvalue weighted by Crippen LogP contribution is 2.51. The minimum Gasteiger partial charge on any atom is -0.453 e. The Bertz CT molecular complexity index is 999. The van der Waals surface area contributed by atoms with E-state index < -0.39 is 46.2 Å². The molecule has 30 heavy (non-hydrogen) atoms. The number of hydrogen-bond acceptors (Lipinski definition) is 3. The van der Waals surface area contributed by atoms with E-state index in [4.69, 9.17) is 10.5 Å². The largest absolute Gasteiger partial charge is 0.453 e. The van der Waals surface area contributed by atoms with Crippen LogP contribution in [0, 0.1) is 5.82 Å². The van der Waals surface area contributed by atoms with Crippen molar-refractivity contribution >= 4 is 6.02 Å². The maximum atomic E-state index is 15.2. The van der Waals surface area contributed by atoms with Gasteiger partial charge in [-0.1, -0.05) is 24.3 Å². The number of aliphatic imine (C=N–C) groups is 1. The molecule has 1 atom stereocenters. The molecule has 0 unspecified atom stereocenters. The molecule has 0 saturated heterocycles. The Morgan fingerprint density at radius 2 is 1.67 bits per heavy atom. The van der Waals surface area contributed by atoms with Crippen molar-refractivity contribution < 1.29 is 31.1 Å². The van der Waals surface area contributed by atoms with Gasteiger partial charge in [-0.05, 0) is 56.5 Å². The standard InChI is InChI=1S/C21H20F6N2O/c1-18(2)21(26,27)19(3,29-17(28)30-18)15-11-12(8-9-16(15)22)10-13-6-4-5-7-14(13)20(23,24)25/h4-9,11H,10H2,1-3H3,(H2,28,29)/t19-/m1/s1. The molecule has 2 aromatic carbocycles. The Balaban J connectivity index is 2.11. The smallest absolute Gasteiger partial charge is 0.416 e. The molecule has 162 valence electrons. The van der Waals surface area contributed by atoms with Gasteiger partial charge < -0.3 is 10.5 Å². The molecule has 2 N–H and O–H groups in total. The van der Waals surface area contributed by atoms with Crippen LogP contribution in [-0.2, 0) is 22.9 Å². The van der Waals surface area contributed by atoms with Gasteiger partial charge in [0.2, 0.25) is 0 Å². The molecular formula is C21H20F6N2O. The van der Waals surface area contributed by atoms with Crippen LogP contribution in [0.1, 0.15) is 43.0 Å². The van der Waals surface area contributed by atoms with Crippen molar-refractivity contribution in [3.63, 3.8) is 0 Å². The van der Waals surface area contributed by atoms with Gasteiger partial charge in [-0.15, -0.1) is 0 Å². The first-order valence-electron chi connectivity index (χ1n) is 9.05. The number of amidine groups is 1. The van der Waals surface area contributed by atoms with Crippen LogP contribution in [0.25, 0.3) is 0 Å². The lowest BCUT2D eigenvalue weighted by molar-refractivity contribution is -0.207. The molecule has 1 aliphatic rings. The first-order chi connectivity index (χ1) is 13.7. The normalized spacial score (nSPS) is 22.9. The van der Waals surface area contributed by atoms with Gasteiger partial charge in [0, 0.05) is 5.56 Å². The van der Waals surface area contributed by atoms with Gasteiger partial charge in [-0.3, -0.25) is 0 Å². The molecule has 0 aromatic heterocycles. The van der Waals surface area contributed by atoms with Crippen molar-refractivity contribution in [3.8, 4) is 0 Å². The molecule has 0 saturated carbocycles. The fourth-order valence-corrected chi connectivity index (χ4v) is 3.68. The first-order valence-corrected chi connectivity index (χ1v) is 9.05. The van der Waals surface area contributed by atoms with E-state index >= 15 is 8.78 Å². The lowest BCUT2D eigenvalue weighted by Crippen LogP contribution is -2.62. The number of benzene rings is 2. The van der Waals surface area contributed by atoms with Crippen molar-refractivity contribution in [2.45, 2.75) is 50.4 Å². The zero-order valence-electron chi connectivity index (χ0n) is 16.4. The Labute approximate surface area is 169 Å². The van der Waals surface area contributed by atoms with E-state index in [0.717, 1.165) is 39.0 Å². The van der Waals surface area contributed by atoms with E-state index in [0.29, 0.717) is 0 Å². The number of ether oxygens (including phenoxy) is 1. The van der Waals surface area contributed by atoms with Crippen LogP contribution >= 0.6 is 0 Å². The summed E-state index contributed by atoms with van der Waals surface area (Å²) < 4.78 is 89.9. The average Bonchev–Trinajstić information content (AvgIpc) is 2.61. The molecular weight excluding hydrogens is 410 g/mol. The van der Waals surface area contributed by atoms with E-state index in [9.17, 15) is 17.6 Å². The number of nitrogens with two attached hydrogens (primary N) is 1. The zero-order chi connectivity index (χ0) is 22.5. The fourth-order valence-electron chi connectivity index (χ4n) is 3.68. The lowest BCUT2D eigenvalue weighted by atomic mass is 9.76. The summed E-state index contributed by atoms with van der Waals surface area (Å²) in [6, 6.07) is 7.69. The number of hydrogen-bond donors (Lipinski definition) is 1. The molecule has 0 aliphatic carbocycles. The van der Waals surface area contributed by atoms with Gasteiger partial charge in [-0.25, -0.2) is 9.38 Å². The van der Waals surface area contributed by atoms with Crippen LogP contribution < -0.4 is 5.73 Å².